The van der Waals surface area contributed by atoms with Gasteiger partial charge in [-0.3, -0.25) is 0 Å². The lowest BCUT2D eigenvalue weighted by Crippen LogP contribution is -2.11. The maximum absolute atomic E-state index is 2.48. The molecule has 0 radical (unpaired) electrons. The molecule has 0 spiro atoms. The Morgan fingerprint density at radius 1 is 0.304 bits per heavy atom. The van der Waals surface area contributed by atoms with Crippen LogP contribution in [-0.2, 0) is 0 Å². The van der Waals surface area contributed by atoms with Gasteiger partial charge in [-0.25, -0.2) is 0 Å². The van der Waals surface area contributed by atoms with E-state index in [1.165, 1.54) is 91.6 Å². The lowest BCUT2D eigenvalue weighted by atomic mass is 9.84. The Bertz CT molecular complexity index is 3250. The van der Waals surface area contributed by atoms with Gasteiger partial charge in [0, 0.05) is 31.2 Å². The highest BCUT2D eigenvalue weighted by atomic mass is 32.1. The van der Waals surface area contributed by atoms with Gasteiger partial charge in [0.25, 0.3) is 0 Å². The van der Waals surface area contributed by atoms with E-state index < -0.39 is 0 Å². The third-order valence-electron chi connectivity index (χ3n) is 11.2. The summed E-state index contributed by atoms with van der Waals surface area (Å²) in [6, 6.07) is 77.8. The number of anilines is 3. The Labute approximate surface area is 330 Å². The normalized spacial score (nSPS) is 11.6. The second-order valence-corrected chi connectivity index (χ2v) is 15.5. The molecule has 1 heterocycles. The summed E-state index contributed by atoms with van der Waals surface area (Å²) in [5.41, 5.74) is 10.8. The van der Waals surface area contributed by atoms with Gasteiger partial charge >= 0.3 is 0 Å². The largest absolute Gasteiger partial charge is 0.309 e. The van der Waals surface area contributed by atoms with Crippen molar-refractivity contribution in [3.8, 4) is 33.4 Å². The van der Waals surface area contributed by atoms with E-state index in [9.17, 15) is 0 Å². The van der Waals surface area contributed by atoms with Crippen molar-refractivity contribution in [2.75, 3.05) is 4.90 Å². The number of rotatable bonds is 6. The van der Waals surface area contributed by atoms with E-state index in [1.54, 1.807) is 0 Å². The molecule has 10 aromatic carbocycles. The summed E-state index contributed by atoms with van der Waals surface area (Å²) < 4.78 is 2.59. The number of fused-ring (bicyclic) bond motifs is 7. The molecular formula is C54H35NS. The molecule has 0 N–H and O–H groups in total. The molecule has 0 fully saturated rings. The molecule has 262 valence electrons. The van der Waals surface area contributed by atoms with E-state index in [4.69, 9.17) is 0 Å². The molecule has 0 bridgehead atoms. The summed E-state index contributed by atoms with van der Waals surface area (Å²) in [4.78, 5) is 2.48. The second kappa shape index (κ2) is 13.4. The van der Waals surface area contributed by atoms with Crippen LogP contribution < -0.4 is 4.90 Å². The molecule has 0 aliphatic carbocycles. The molecule has 0 unspecified atom stereocenters. The molecule has 0 amide bonds. The average Bonchev–Trinajstić information content (AvgIpc) is 3.66. The predicted molar refractivity (Wildman–Crippen MR) is 243 cm³/mol. The molecule has 56 heavy (non-hydrogen) atoms. The van der Waals surface area contributed by atoms with Gasteiger partial charge in [-0.2, -0.15) is 0 Å². The summed E-state index contributed by atoms with van der Waals surface area (Å²) in [6.07, 6.45) is 0. The van der Waals surface area contributed by atoms with Crippen molar-refractivity contribution in [3.05, 3.63) is 212 Å². The minimum Gasteiger partial charge on any atom is -0.309 e. The van der Waals surface area contributed by atoms with Crippen LogP contribution in [0, 0.1) is 0 Å². The zero-order valence-corrected chi connectivity index (χ0v) is 31.4. The molecule has 0 aliphatic heterocycles. The minimum atomic E-state index is 1.12. The van der Waals surface area contributed by atoms with Crippen molar-refractivity contribution >= 4 is 80.9 Å². The molecule has 1 nitrogen and oxygen atoms in total. The monoisotopic (exact) mass is 729 g/mol. The summed E-state index contributed by atoms with van der Waals surface area (Å²) in [5, 5.41) is 10.0. The van der Waals surface area contributed by atoms with Gasteiger partial charge in [0.15, 0.2) is 0 Å². The van der Waals surface area contributed by atoms with Gasteiger partial charge < -0.3 is 4.90 Å². The fraction of sp³-hybridized carbons (Fsp3) is 0. The van der Waals surface area contributed by atoms with Crippen LogP contribution >= 0.6 is 11.3 Å². The lowest BCUT2D eigenvalue weighted by molar-refractivity contribution is 1.32. The molecule has 1 aromatic heterocycles. The summed E-state index contributed by atoms with van der Waals surface area (Å²) in [6.45, 7) is 0. The summed E-state index contributed by atoms with van der Waals surface area (Å²) >= 11 is 1.86. The smallest absolute Gasteiger partial charge is 0.0555 e. The molecule has 0 aliphatic rings. The van der Waals surface area contributed by atoms with Gasteiger partial charge in [-0.1, -0.05) is 170 Å². The molecule has 0 saturated carbocycles. The zero-order valence-electron chi connectivity index (χ0n) is 30.6. The molecule has 2 heteroatoms. The summed E-state index contributed by atoms with van der Waals surface area (Å²) in [5.74, 6) is 0. The Morgan fingerprint density at radius 2 is 0.839 bits per heavy atom. The van der Waals surface area contributed by atoms with Crippen molar-refractivity contribution in [1.82, 2.24) is 0 Å². The SMILES string of the molecule is c1ccc(-c2c(-c3ccccc3)c3cc(-c4cccc(N(c5cccc6ccccc56)c5cccc6sc7ccccc7c56)c4)ccc3c3ccccc23)cc1. The van der Waals surface area contributed by atoms with Crippen LogP contribution in [0.2, 0.25) is 0 Å². The standard InChI is InChI=1S/C54H35NS/c1-3-17-37(18-4-1)52-45-26-10-9-25-43(45)44-33-32-40(35-47(44)53(52)38-19-5-2-6-20-38)39-22-13-23-41(34-39)55(48-28-14-21-36-16-7-8-24-42(36)48)49-29-15-31-51-54(49)46-27-11-12-30-50(46)56-51/h1-35H. The number of hydrogen-bond donors (Lipinski definition) is 0. The van der Waals surface area contributed by atoms with Gasteiger partial charge in [0.05, 0.1) is 11.4 Å². The van der Waals surface area contributed by atoms with Crippen molar-refractivity contribution in [2.45, 2.75) is 0 Å². The van der Waals surface area contributed by atoms with Gasteiger partial charge in [0.1, 0.15) is 0 Å². The Balaban J connectivity index is 1.17. The Kier molecular flexibility index (Phi) is 7.75. The second-order valence-electron chi connectivity index (χ2n) is 14.4. The Hall–Kier alpha value is -7.00. The average molecular weight is 730 g/mol. The van der Waals surface area contributed by atoms with E-state index in [0.29, 0.717) is 0 Å². The highest BCUT2D eigenvalue weighted by molar-refractivity contribution is 7.26. The predicted octanol–water partition coefficient (Wildman–Crippen LogP) is 16.0. The maximum Gasteiger partial charge on any atom is 0.0555 e. The topological polar surface area (TPSA) is 3.24 Å². The van der Waals surface area contributed by atoms with Gasteiger partial charge in [-0.05, 0) is 103 Å². The van der Waals surface area contributed by atoms with Gasteiger partial charge in [0.2, 0.25) is 0 Å². The van der Waals surface area contributed by atoms with Crippen molar-refractivity contribution in [1.29, 1.82) is 0 Å². The summed E-state index contributed by atoms with van der Waals surface area (Å²) in [7, 11) is 0. The van der Waals surface area contributed by atoms with Crippen LogP contribution in [-0.4, -0.2) is 0 Å². The molecule has 0 saturated heterocycles. The molecular weight excluding hydrogens is 695 g/mol. The quantitative estimate of drug-likeness (QED) is 0.154. The van der Waals surface area contributed by atoms with Crippen LogP contribution in [0.4, 0.5) is 17.1 Å². The van der Waals surface area contributed by atoms with Crippen LogP contribution in [0.3, 0.4) is 0 Å². The zero-order chi connectivity index (χ0) is 37.0. The van der Waals surface area contributed by atoms with Crippen LogP contribution in [0.15, 0.2) is 212 Å². The first-order chi connectivity index (χ1) is 27.8. The van der Waals surface area contributed by atoms with Crippen LogP contribution in [0.25, 0.3) is 85.9 Å². The lowest BCUT2D eigenvalue weighted by Gasteiger charge is -2.28. The van der Waals surface area contributed by atoms with Crippen LogP contribution in [0.5, 0.6) is 0 Å². The number of hydrogen-bond acceptors (Lipinski definition) is 2. The molecule has 11 rings (SSSR count). The fourth-order valence-corrected chi connectivity index (χ4v) is 9.89. The highest BCUT2D eigenvalue weighted by Gasteiger charge is 2.22. The van der Waals surface area contributed by atoms with Crippen molar-refractivity contribution in [3.63, 3.8) is 0 Å². The van der Waals surface area contributed by atoms with E-state index in [2.05, 4.69) is 217 Å². The third-order valence-corrected chi connectivity index (χ3v) is 12.4. The number of nitrogens with zero attached hydrogens (tertiary/aromatic N) is 1. The fourth-order valence-electron chi connectivity index (χ4n) is 8.76. The van der Waals surface area contributed by atoms with E-state index in [0.717, 1.165) is 11.4 Å². The van der Waals surface area contributed by atoms with Crippen molar-refractivity contribution in [2.24, 2.45) is 0 Å². The third kappa shape index (κ3) is 5.30. The first-order valence-corrected chi connectivity index (χ1v) is 20.0. The van der Waals surface area contributed by atoms with E-state index in [-0.39, 0.29) is 0 Å². The van der Waals surface area contributed by atoms with Gasteiger partial charge in [-0.15, -0.1) is 11.3 Å². The first kappa shape index (κ1) is 32.4. The minimum absolute atomic E-state index is 1.12. The number of benzene rings is 10. The molecule has 11 aromatic rings. The first-order valence-electron chi connectivity index (χ1n) is 19.2. The van der Waals surface area contributed by atoms with Crippen LogP contribution in [0.1, 0.15) is 0 Å². The highest BCUT2D eigenvalue weighted by Crippen LogP contribution is 2.48. The number of thiophene rings is 1. The maximum atomic E-state index is 2.48. The van der Waals surface area contributed by atoms with E-state index in [1.807, 2.05) is 11.3 Å². The molecule has 0 atom stereocenters. The Morgan fingerprint density at radius 3 is 1.64 bits per heavy atom. The van der Waals surface area contributed by atoms with E-state index >= 15 is 0 Å². The van der Waals surface area contributed by atoms with Crippen molar-refractivity contribution < 1.29 is 0 Å².